The largest absolute Gasteiger partial charge is 0.493 e. The summed E-state index contributed by atoms with van der Waals surface area (Å²) in [5.41, 5.74) is 0.532. The first-order chi connectivity index (χ1) is 9.67. The van der Waals surface area contributed by atoms with Crippen LogP contribution in [0.25, 0.3) is 0 Å². The Labute approximate surface area is 121 Å². The zero-order valence-electron chi connectivity index (χ0n) is 11.2. The van der Waals surface area contributed by atoms with E-state index in [0.717, 1.165) is 0 Å². The SMILES string of the molecule is CCc1noc(COc2c(CO)cc(Cl)cc2OC)n1. The zero-order valence-corrected chi connectivity index (χ0v) is 12.0. The van der Waals surface area contributed by atoms with Crippen LogP contribution in [-0.4, -0.2) is 22.4 Å². The highest BCUT2D eigenvalue weighted by molar-refractivity contribution is 6.30. The third-order valence-electron chi connectivity index (χ3n) is 2.65. The minimum absolute atomic E-state index is 0.0952. The molecule has 0 aliphatic heterocycles. The standard InChI is InChI=1S/C13H15ClN2O4/c1-3-11-15-12(20-16-11)7-19-13-8(6-17)4-9(14)5-10(13)18-2/h4-5,17H,3,6-7H2,1-2H3. The van der Waals surface area contributed by atoms with Crippen LogP contribution >= 0.6 is 11.6 Å². The minimum atomic E-state index is -0.212. The molecule has 0 unspecified atom stereocenters. The second-order valence-corrected chi connectivity index (χ2v) is 4.44. The Morgan fingerprint density at radius 3 is 2.80 bits per heavy atom. The number of hydrogen-bond acceptors (Lipinski definition) is 6. The molecule has 0 fully saturated rings. The van der Waals surface area contributed by atoms with Crippen LogP contribution in [0.5, 0.6) is 11.5 Å². The van der Waals surface area contributed by atoms with E-state index in [1.807, 2.05) is 6.92 Å². The van der Waals surface area contributed by atoms with Crippen molar-refractivity contribution >= 4 is 11.6 Å². The lowest BCUT2D eigenvalue weighted by molar-refractivity contribution is 0.220. The molecule has 0 aliphatic carbocycles. The molecule has 20 heavy (non-hydrogen) atoms. The molecule has 0 radical (unpaired) electrons. The van der Waals surface area contributed by atoms with Gasteiger partial charge in [0.1, 0.15) is 0 Å². The Kier molecular flexibility index (Phi) is 4.81. The maximum atomic E-state index is 9.36. The van der Waals surface area contributed by atoms with Gasteiger partial charge >= 0.3 is 0 Å². The van der Waals surface area contributed by atoms with Crippen molar-refractivity contribution < 1.29 is 19.1 Å². The molecule has 6 nitrogen and oxygen atoms in total. The fourth-order valence-electron chi connectivity index (χ4n) is 1.68. The summed E-state index contributed by atoms with van der Waals surface area (Å²) in [6, 6.07) is 3.23. The van der Waals surface area contributed by atoms with Gasteiger partial charge in [0.05, 0.1) is 13.7 Å². The van der Waals surface area contributed by atoms with Crippen molar-refractivity contribution in [2.24, 2.45) is 0 Å². The van der Waals surface area contributed by atoms with E-state index in [1.165, 1.54) is 7.11 Å². The first-order valence-electron chi connectivity index (χ1n) is 6.09. The van der Waals surface area contributed by atoms with Gasteiger partial charge in [-0.05, 0) is 6.07 Å². The molecule has 1 heterocycles. The number of hydrogen-bond donors (Lipinski definition) is 1. The van der Waals surface area contributed by atoms with Crippen molar-refractivity contribution in [1.29, 1.82) is 0 Å². The summed E-state index contributed by atoms with van der Waals surface area (Å²) >= 11 is 5.93. The van der Waals surface area contributed by atoms with Crippen LogP contribution in [0.15, 0.2) is 16.7 Å². The normalized spacial score (nSPS) is 10.6. The van der Waals surface area contributed by atoms with E-state index in [2.05, 4.69) is 10.1 Å². The molecular weight excluding hydrogens is 284 g/mol. The van der Waals surface area contributed by atoms with E-state index >= 15 is 0 Å². The van der Waals surface area contributed by atoms with Crippen molar-refractivity contribution in [3.8, 4) is 11.5 Å². The molecule has 0 spiro atoms. The number of ether oxygens (including phenoxy) is 2. The Morgan fingerprint density at radius 2 is 2.20 bits per heavy atom. The molecule has 0 saturated carbocycles. The van der Waals surface area contributed by atoms with E-state index in [-0.39, 0.29) is 13.2 Å². The van der Waals surface area contributed by atoms with Gasteiger partial charge < -0.3 is 19.1 Å². The Hall–Kier alpha value is -1.79. The predicted octanol–water partition coefficient (Wildman–Crippen LogP) is 2.37. The molecule has 7 heteroatoms. The lowest BCUT2D eigenvalue weighted by Crippen LogP contribution is -2.02. The predicted molar refractivity (Wildman–Crippen MR) is 71.9 cm³/mol. The summed E-state index contributed by atoms with van der Waals surface area (Å²) in [5, 5.41) is 13.6. The van der Waals surface area contributed by atoms with Crippen LogP contribution < -0.4 is 9.47 Å². The van der Waals surface area contributed by atoms with E-state index in [1.54, 1.807) is 12.1 Å². The van der Waals surface area contributed by atoms with Crippen molar-refractivity contribution in [2.45, 2.75) is 26.6 Å². The summed E-state index contributed by atoms with van der Waals surface area (Å²) in [6.07, 6.45) is 0.690. The molecule has 2 aromatic rings. The molecular formula is C13H15ClN2O4. The van der Waals surface area contributed by atoms with E-state index in [4.69, 9.17) is 25.6 Å². The molecule has 0 bridgehead atoms. The molecule has 0 aliphatic rings. The fourth-order valence-corrected chi connectivity index (χ4v) is 1.91. The summed E-state index contributed by atoms with van der Waals surface area (Å²) in [4.78, 5) is 4.14. The number of aryl methyl sites for hydroxylation is 1. The highest BCUT2D eigenvalue weighted by atomic mass is 35.5. The average Bonchev–Trinajstić information content (AvgIpc) is 2.92. The van der Waals surface area contributed by atoms with Crippen molar-refractivity contribution in [3.05, 3.63) is 34.4 Å². The number of halogens is 1. The van der Waals surface area contributed by atoms with Crippen LogP contribution in [0.4, 0.5) is 0 Å². The minimum Gasteiger partial charge on any atom is -0.493 e. The molecule has 1 N–H and O–H groups in total. The molecule has 0 saturated heterocycles. The van der Waals surface area contributed by atoms with E-state index < -0.39 is 0 Å². The van der Waals surface area contributed by atoms with Gasteiger partial charge in [-0.2, -0.15) is 4.98 Å². The average molecular weight is 299 g/mol. The summed E-state index contributed by atoms with van der Waals surface area (Å²) < 4.78 is 15.8. The molecule has 108 valence electrons. The lowest BCUT2D eigenvalue weighted by Gasteiger charge is -2.13. The maximum absolute atomic E-state index is 9.36. The fraction of sp³-hybridized carbons (Fsp3) is 0.385. The van der Waals surface area contributed by atoms with Crippen molar-refractivity contribution in [3.63, 3.8) is 0 Å². The lowest BCUT2D eigenvalue weighted by atomic mass is 10.2. The number of aliphatic hydroxyl groups excluding tert-OH is 1. The van der Waals surface area contributed by atoms with E-state index in [0.29, 0.717) is 40.2 Å². The highest BCUT2D eigenvalue weighted by Crippen LogP contribution is 2.35. The van der Waals surface area contributed by atoms with Gasteiger partial charge in [0.25, 0.3) is 5.89 Å². The second-order valence-electron chi connectivity index (χ2n) is 4.00. The van der Waals surface area contributed by atoms with Gasteiger partial charge in [0.15, 0.2) is 23.9 Å². The Bertz CT molecular complexity index is 560. The number of benzene rings is 1. The number of nitrogens with zero attached hydrogens (tertiary/aromatic N) is 2. The third-order valence-corrected chi connectivity index (χ3v) is 2.87. The summed E-state index contributed by atoms with van der Waals surface area (Å²) in [5.74, 6) is 1.84. The van der Waals surface area contributed by atoms with Gasteiger partial charge in [0.2, 0.25) is 0 Å². The third kappa shape index (κ3) is 3.20. The van der Waals surface area contributed by atoms with Gasteiger partial charge in [-0.25, -0.2) is 0 Å². The van der Waals surface area contributed by atoms with Crippen LogP contribution in [0.2, 0.25) is 5.02 Å². The van der Waals surface area contributed by atoms with Crippen molar-refractivity contribution in [1.82, 2.24) is 10.1 Å². The molecule has 0 amide bonds. The van der Waals surface area contributed by atoms with Gasteiger partial charge in [-0.3, -0.25) is 0 Å². The zero-order chi connectivity index (χ0) is 14.5. The first kappa shape index (κ1) is 14.6. The topological polar surface area (TPSA) is 77.6 Å². The van der Waals surface area contributed by atoms with Crippen LogP contribution in [0.3, 0.4) is 0 Å². The summed E-state index contributed by atoms with van der Waals surface area (Å²) in [7, 11) is 1.50. The van der Waals surface area contributed by atoms with Crippen LogP contribution in [-0.2, 0) is 19.6 Å². The van der Waals surface area contributed by atoms with Gasteiger partial charge in [0, 0.05) is 23.1 Å². The van der Waals surface area contributed by atoms with Crippen LogP contribution in [0, 0.1) is 0 Å². The quantitative estimate of drug-likeness (QED) is 0.882. The molecule has 1 aromatic carbocycles. The number of methoxy groups -OCH3 is 1. The van der Waals surface area contributed by atoms with Gasteiger partial charge in [-0.1, -0.05) is 23.7 Å². The Morgan fingerprint density at radius 1 is 1.40 bits per heavy atom. The monoisotopic (exact) mass is 298 g/mol. The number of aliphatic hydroxyl groups is 1. The van der Waals surface area contributed by atoms with Crippen molar-refractivity contribution in [2.75, 3.05) is 7.11 Å². The number of rotatable bonds is 6. The molecule has 2 rings (SSSR count). The number of aromatic nitrogens is 2. The Balaban J connectivity index is 2.19. The molecule has 1 aromatic heterocycles. The van der Waals surface area contributed by atoms with E-state index in [9.17, 15) is 5.11 Å². The summed E-state index contributed by atoms with van der Waals surface area (Å²) in [6.45, 7) is 1.82. The maximum Gasteiger partial charge on any atom is 0.264 e. The first-order valence-corrected chi connectivity index (χ1v) is 6.47. The van der Waals surface area contributed by atoms with Gasteiger partial charge in [-0.15, -0.1) is 0 Å². The smallest absolute Gasteiger partial charge is 0.264 e. The van der Waals surface area contributed by atoms with Crippen LogP contribution in [0.1, 0.15) is 24.2 Å². The second kappa shape index (κ2) is 6.58. The molecule has 0 atom stereocenters. The highest BCUT2D eigenvalue weighted by Gasteiger charge is 2.14.